The quantitative estimate of drug-likeness (QED) is 0.126. The Balaban J connectivity index is 0.894. The van der Waals surface area contributed by atoms with Crippen molar-refractivity contribution in [1.82, 2.24) is 0 Å². The fourth-order valence-electron chi connectivity index (χ4n) is 15.8. The standard InChI is InChI=1S/C84H64N2/c1-53-33-41-65(42-34-53)85(81-55(3)49-63(50-56(81)4)83(61-21-9-7-10-22-61)73-29-17-13-25-67(73)68-26-14-18-30-74(68)83)77-47-39-59-38-46-72-78(48-40-60-37-45-71(77)79(59)80(60)72)86(66-43-35-54(2)36-44-66)82-57(5)51-64(52-58(82)6)84(62-23-11-8-12-24-62)75-31-19-15-27-69(75)70-28-16-20-32-76(70)84/h7-52H,1-6H3. The third-order valence-electron chi connectivity index (χ3n) is 19.3. The zero-order valence-corrected chi connectivity index (χ0v) is 49.5. The van der Waals surface area contributed by atoms with E-state index in [1.165, 1.54) is 144 Å². The van der Waals surface area contributed by atoms with Crippen LogP contribution in [0, 0.1) is 41.5 Å². The number of benzene rings is 14. The van der Waals surface area contributed by atoms with Crippen LogP contribution in [0.4, 0.5) is 34.1 Å². The van der Waals surface area contributed by atoms with Gasteiger partial charge in [0.1, 0.15) is 0 Å². The third kappa shape index (κ3) is 7.39. The van der Waals surface area contributed by atoms with Crippen LogP contribution in [0.15, 0.2) is 279 Å². The second-order valence-corrected chi connectivity index (χ2v) is 24.3. The molecule has 0 fully saturated rings. The summed E-state index contributed by atoms with van der Waals surface area (Å²) in [5.41, 5.74) is 28.8. The van der Waals surface area contributed by atoms with Crippen molar-refractivity contribution in [2.75, 3.05) is 9.80 Å². The summed E-state index contributed by atoms with van der Waals surface area (Å²) in [4.78, 5) is 5.09. The lowest BCUT2D eigenvalue weighted by molar-refractivity contribution is 0.766. The first-order valence-electron chi connectivity index (χ1n) is 30.3. The van der Waals surface area contributed by atoms with Crippen molar-refractivity contribution in [3.05, 3.63) is 357 Å². The van der Waals surface area contributed by atoms with E-state index in [0.29, 0.717) is 0 Å². The van der Waals surface area contributed by atoms with Gasteiger partial charge in [0.25, 0.3) is 0 Å². The van der Waals surface area contributed by atoms with Gasteiger partial charge in [-0.1, -0.05) is 254 Å². The molecule has 2 aliphatic rings. The number of hydrogen-bond acceptors (Lipinski definition) is 2. The van der Waals surface area contributed by atoms with Crippen LogP contribution in [0.25, 0.3) is 54.6 Å². The molecule has 2 heteroatoms. The van der Waals surface area contributed by atoms with Crippen LogP contribution < -0.4 is 9.80 Å². The van der Waals surface area contributed by atoms with E-state index in [-0.39, 0.29) is 0 Å². The molecule has 0 amide bonds. The van der Waals surface area contributed by atoms with Crippen LogP contribution in [0.3, 0.4) is 0 Å². The van der Waals surface area contributed by atoms with Gasteiger partial charge < -0.3 is 9.80 Å². The molecule has 0 saturated heterocycles. The van der Waals surface area contributed by atoms with E-state index in [2.05, 4.69) is 330 Å². The largest absolute Gasteiger partial charge is 0.309 e. The maximum absolute atomic E-state index is 2.54. The van der Waals surface area contributed by atoms with Crippen molar-refractivity contribution in [3.63, 3.8) is 0 Å². The predicted molar refractivity (Wildman–Crippen MR) is 363 cm³/mol. The molecule has 0 spiro atoms. The topological polar surface area (TPSA) is 6.48 Å². The highest BCUT2D eigenvalue weighted by Crippen LogP contribution is 2.60. The van der Waals surface area contributed by atoms with E-state index in [0.717, 1.165) is 22.7 Å². The summed E-state index contributed by atoms with van der Waals surface area (Å²) >= 11 is 0. The first-order chi connectivity index (χ1) is 42.1. The normalized spacial score (nSPS) is 13.4. The SMILES string of the molecule is Cc1ccc(N(c2c(C)cc(C3(c4ccccc4)c4ccccc4-c4ccccc43)cc2C)c2ccc3ccc4c(N(c5ccc(C)cc5)c5c(C)cc(C6(c7ccccc7)c7ccccc7-c7ccccc76)cc5C)ccc5ccc2c3c54)cc1. The predicted octanol–water partition coefficient (Wildman–Crippen LogP) is 22.1. The molecule has 16 rings (SSSR count). The fourth-order valence-corrected chi connectivity index (χ4v) is 15.8. The molecule has 0 aromatic heterocycles. The second kappa shape index (κ2) is 19.7. The fraction of sp³-hybridized carbons (Fsp3) is 0.0952. The lowest BCUT2D eigenvalue weighted by Crippen LogP contribution is -2.29. The molecule has 0 bridgehead atoms. The lowest BCUT2D eigenvalue weighted by atomic mass is 9.67. The minimum atomic E-state index is -0.508. The van der Waals surface area contributed by atoms with Gasteiger partial charge in [-0.3, -0.25) is 0 Å². The lowest BCUT2D eigenvalue weighted by Gasteiger charge is -2.36. The summed E-state index contributed by atoms with van der Waals surface area (Å²) in [7, 11) is 0. The number of fused-ring (bicyclic) bond motifs is 6. The van der Waals surface area contributed by atoms with E-state index >= 15 is 0 Å². The summed E-state index contributed by atoms with van der Waals surface area (Å²) < 4.78 is 0. The molecule has 0 radical (unpaired) electrons. The average Bonchev–Trinajstić information content (AvgIpc) is 1.71. The van der Waals surface area contributed by atoms with Crippen LogP contribution >= 0.6 is 0 Å². The van der Waals surface area contributed by atoms with E-state index in [9.17, 15) is 0 Å². The average molecular weight is 1100 g/mol. The third-order valence-corrected chi connectivity index (χ3v) is 19.3. The maximum Gasteiger partial charge on any atom is 0.0713 e. The van der Waals surface area contributed by atoms with Gasteiger partial charge in [-0.05, 0) is 189 Å². The van der Waals surface area contributed by atoms with Crippen molar-refractivity contribution < 1.29 is 0 Å². The van der Waals surface area contributed by atoms with Gasteiger partial charge in [0.2, 0.25) is 0 Å². The van der Waals surface area contributed by atoms with Crippen molar-refractivity contribution >= 4 is 66.4 Å². The minimum Gasteiger partial charge on any atom is -0.309 e. The molecule has 0 N–H and O–H groups in total. The van der Waals surface area contributed by atoms with Gasteiger partial charge in [0.15, 0.2) is 0 Å². The molecule has 14 aromatic rings. The van der Waals surface area contributed by atoms with Crippen LogP contribution in [0.5, 0.6) is 0 Å². The first kappa shape index (κ1) is 51.4. The Labute approximate surface area is 504 Å². The summed E-state index contributed by atoms with van der Waals surface area (Å²) in [6.45, 7) is 13.7. The smallest absolute Gasteiger partial charge is 0.0713 e. The molecule has 0 heterocycles. The molecular weight excluding hydrogens is 1040 g/mol. The second-order valence-electron chi connectivity index (χ2n) is 24.3. The van der Waals surface area contributed by atoms with Gasteiger partial charge in [-0.2, -0.15) is 0 Å². The Morgan fingerprint density at radius 2 is 0.547 bits per heavy atom. The Morgan fingerprint density at radius 1 is 0.256 bits per heavy atom. The Bertz CT molecular complexity index is 4540. The van der Waals surface area contributed by atoms with E-state index < -0.39 is 10.8 Å². The number of rotatable bonds is 10. The number of aryl methyl sites for hydroxylation is 6. The molecule has 0 unspecified atom stereocenters. The zero-order valence-electron chi connectivity index (χ0n) is 49.5. The minimum absolute atomic E-state index is 0.508. The Morgan fingerprint density at radius 3 is 0.872 bits per heavy atom. The van der Waals surface area contributed by atoms with Gasteiger partial charge in [0, 0.05) is 22.1 Å². The van der Waals surface area contributed by atoms with Gasteiger partial charge >= 0.3 is 0 Å². The first-order valence-corrected chi connectivity index (χ1v) is 30.3. The number of nitrogens with zero attached hydrogens (tertiary/aromatic N) is 2. The molecule has 14 aromatic carbocycles. The van der Waals surface area contributed by atoms with Crippen LogP contribution in [-0.2, 0) is 10.8 Å². The van der Waals surface area contributed by atoms with Crippen molar-refractivity contribution in [2.24, 2.45) is 0 Å². The van der Waals surface area contributed by atoms with E-state index in [1.54, 1.807) is 0 Å². The van der Waals surface area contributed by atoms with E-state index in [1.807, 2.05) is 0 Å². The van der Waals surface area contributed by atoms with E-state index in [4.69, 9.17) is 0 Å². The van der Waals surface area contributed by atoms with Gasteiger partial charge in [0.05, 0.1) is 33.6 Å². The molecule has 86 heavy (non-hydrogen) atoms. The Hall–Kier alpha value is -10.3. The molecule has 2 nitrogen and oxygen atoms in total. The Kier molecular flexibility index (Phi) is 11.7. The summed E-state index contributed by atoms with van der Waals surface area (Å²) in [5, 5.41) is 7.39. The highest BCUT2D eigenvalue weighted by molar-refractivity contribution is 6.28. The number of hydrogen-bond donors (Lipinski definition) is 0. The summed E-state index contributed by atoms with van der Waals surface area (Å²) in [6.07, 6.45) is 0. The van der Waals surface area contributed by atoms with Crippen LogP contribution in [-0.4, -0.2) is 0 Å². The van der Waals surface area contributed by atoms with Crippen LogP contribution in [0.1, 0.15) is 77.9 Å². The maximum atomic E-state index is 2.54. The molecule has 0 saturated carbocycles. The summed E-state index contributed by atoms with van der Waals surface area (Å²) in [6, 6.07) is 106. The molecular formula is C84H64N2. The van der Waals surface area contributed by atoms with Crippen molar-refractivity contribution in [3.8, 4) is 22.3 Å². The highest BCUT2D eigenvalue weighted by atomic mass is 15.2. The monoisotopic (exact) mass is 1100 g/mol. The van der Waals surface area contributed by atoms with Gasteiger partial charge in [-0.25, -0.2) is 0 Å². The highest BCUT2D eigenvalue weighted by Gasteiger charge is 2.48. The molecule has 0 atom stereocenters. The zero-order chi connectivity index (χ0) is 58.0. The summed E-state index contributed by atoms with van der Waals surface area (Å²) in [5.74, 6) is 0. The van der Waals surface area contributed by atoms with Crippen molar-refractivity contribution in [1.29, 1.82) is 0 Å². The molecule has 0 aliphatic heterocycles. The van der Waals surface area contributed by atoms with Crippen molar-refractivity contribution in [2.45, 2.75) is 52.4 Å². The van der Waals surface area contributed by atoms with Gasteiger partial charge in [-0.15, -0.1) is 0 Å². The molecule has 410 valence electrons. The number of anilines is 6. The van der Waals surface area contributed by atoms with Crippen LogP contribution in [0.2, 0.25) is 0 Å². The molecule has 2 aliphatic carbocycles.